The highest BCUT2D eigenvalue weighted by Crippen LogP contribution is 2.15. The number of allylic oxidation sites excluding steroid dienone is 2. The van der Waals surface area contributed by atoms with Crippen molar-refractivity contribution < 1.29 is 8.42 Å². The topological polar surface area (TPSA) is 34.1 Å². The van der Waals surface area contributed by atoms with Gasteiger partial charge in [-0.15, -0.1) is 0 Å². The quantitative estimate of drug-likeness (QED) is 0.560. The van der Waals surface area contributed by atoms with Crippen LogP contribution in [-0.2, 0) is 18.7 Å². The molecular formula is C4H3ClO2S2. The smallest absolute Gasteiger partial charge is 0.177 e. The Kier molecular flexibility index (Phi) is 2.10. The molecule has 0 fully saturated rings. The van der Waals surface area contributed by atoms with Crippen LogP contribution in [0.1, 0.15) is 0 Å². The molecule has 0 radical (unpaired) electrons. The Bertz CT molecular complexity index is 301. The first kappa shape index (κ1) is 7.05. The van der Waals surface area contributed by atoms with Gasteiger partial charge < -0.3 is 0 Å². The van der Waals surface area contributed by atoms with E-state index < -0.39 is 18.7 Å². The second kappa shape index (κ2) is 2.68. The van der Waals surface area contributed by atoms with E-state index >= 15 is 0 Å². The summed E-state index contributed by atoms with van der Waals surface area (Å²) in [6.45, 7) is 0. The standard InChI is InChI=1S/C4H3ClO2S2/c5-4-2-1-3-8(4)9(6)7/h1-3H. The van der Waals surface area contributed by atoms with Gasteiger partial charge in [-0.1, -0.05) is 17.7 Å². The second-order valence-electron chi connectivity index (χ2n) is 1.30. The molecule has 0 spiro atoms. The van der Waals surface area contributed by atoms with Crippen LogP contribution < -0.4 is 0 Å². The SMILES string of the molecule is O=S(=O)=S1C=CC=C1Cl. The summed E-state index contributed by atoms with van der Waals surface area (Å²) >= 11 is 5.49. The van der Waals surface area contributed by atoms with Gasteiger partial charge in [0.1, 0.15) is 0 Å². The number of hydrogen-bond donors (Lipinski definition) is 0. The first-order chi connectivity index (χ1) is 4.22. The molecule has 0 aromatic carbocycles. The molecule has 5 heteroatoms. The molecule has 0 aliphatic carbocycles. The average Bonchev–Trinajstić information content (AvgIpc) is 2.13. The van der Waals surface area contributed by atoms with Crippen LogP contribution in [0, 0.1) is 0 Å². The van der Waals surface area contributed by atoms with Crippen LogP contribution in [0.4, 0.5) is 0 Å². The maximum absolute atomic E-state index is 10.2. The van der Waals surface area contributed by atoms with E-state index in [9.17, 15) is 8.42 Å². The Morgan fingerprint density at radius 2 is 2.22 bits per heavy atom. The van der Waals surface area contributed by atoms with Gasteiger partial charge in [0, 0.05) is 9.45 Å². The first-order valence-corrected chi connectivity index (χ1v) is 5.34. The highest BCUT2D eigenvalue weighted by Gasteiger charge is 2.02. The van der Waals surface area contributed by atoms with Gasteiger partial charge in [-0.3, -0.25) is 0 Å². The molecular weight excluding hydrogens is 180 g/mol. The van der Waals surface area contributed by atoms with Crippen LogP contribution in [0.2, 0.25) is 0 Å². The van der Waals surface area contributed by atoms with Crippen LogP contribution in [0.25, 0.3) is 0 Å². The van der Waals surface area contributed by atoms with E-state index in [1.54, 1.807) is 17.6 Å². The fraction of sp³-hybridized carbons (Fsp3) is 0. The predicted octanol–water partition coefficient (Wildman–Crippen LogP) is 1.01. The Morgan fingerprint density at radius 1 is 1.56 bits per heavy atom. The minimum atomic E-state index is -2.08. The van der Waals surface area contributed by atoms with Crippen molar-refractivity contribution in [3.05, 3.63) is 21.9 Å². The van der Waals surface area contributed by atoms with Crippen LogP contribution in [0.5, 0.6) is 0 Å². The van der Waals surface area contributed by atoms with Crippen molar-refractivity contribution in [1.29, 1.82) is 0 Å². The second-order valence-corrected chi connectivity index (χ2v) is 5.54. The van der Waals surface area contributed by atoms with Crippen LogP contribution in [0.3, 0.4) is 0 Å². The molecule has 1 rings (SSSR count). The molecule has 0 saturated carbocycles. The molecule has 1 aliphatic heterocycles. The molecule has 0 N–H and O–H groups in total. The molecule has 0 saturated heterocycles. The summed E-state index contributed by atoms with van der Waals surface area (Å²) < 4.78 is 20.9. The number of hydrogen-bond acceptors (Lipinski definition) is 2. The summed E-state index contributed by atoms with van der Waals surface area (Å²) in [5, 5.41) is 1.56. The molecule has 0 amide bonds. The van der Waals surface area contributed by atoms with E-state index in [0.29, 0.717) is 4.36 Å². The van der Waals surface area contributed by atoms with Gasteiger partial charge in [0.05, 0.1) is 4.36 Å². The van der Waals surface area contributed by atoms with E-state index in [2.05, 4.69) is 0 Å². The van der Waals surface area contributed by atoms with Crippen LogP contribution >= 0.6 is 11.6 Å². The van der Waals surface area contributed by atoms with Crippen LogP contribution in [-0.4, -0.2) is 8.42 Å². The van der Waals surface area contributed by atoms with Crippen molar-refractivity contribution in [3.8, 4) is 0 Å². The van der Waals surface area contributed by atoms with E-state index in [0.717, 1.165) is 0 Å². The molecule has 50 valence electrons. The third-order valence-corrected chi connectivity index (χ3v) is 4.64. The van der Waals surface area contributed by atoms with E-state index in [4.69, 9.17) is 11.6 Å². The van der Waals surface area contributed by atoms with Crippen molar-refractivity contribution in [2.24, 2.45) is 0 Å². The summed E-state index contributed by atoms with van der Waals surface area (Å²) in [5.74, 6) is 0. The largest absolute Gasteiger partial charge is 0.250 e. The lowest BCUT2D eigenvalue weighted by molar-refractivity contribution is 0.628. The lowest BCUT2D eigenvalue weighted by atomic mass is 10.6. The molecule has 1 atom stereocenters. The summed E-state index contributed by atoms with van der Waals surface area (Å²) in [7, 11) is -2.94. The van der Waals surface area contributed by atoms with Crippen molar-refractivity contribution in [1.82, 2.24) is 0 Å². The molecule has 1 unspecified atom stereocenters. The highest BCUT2D eigenvalue weighted by atomic mass is 35.5. The minimum Gasteiger partial charge on any atom is -0.177 e. The van der Waals surface area contributed by atoms with Crippen molar-refractivity contribution in [2.75, 3.05) is 0 Å². The molecule has 9 heavy (non-hydrogen) atoms. The zero-order chi connectivity index (χ0) is 6.85. The molecule has 0 aromatic rings. The Morgan fingerprint density at radius 3 is 2.44 bits per heavy atom. The highest BCUT2D eigenvalue weighted by molar-refractivity contribution is 8.38. The van der Waals surface area contributed by atoms with Crippen molar-refractivity contribution in [2.45, 2.75) is 0 Å². The van der Waals surface area contributed by atoms with Gasteiger partial charge in [-0.05, 0) is 11.5 Å². The van der Waals surface area contributed by atoms with E-state index in [1.807, 2.05) is 0 Å². The predicted molar refractivity (Wildman–Crippen MR) is 39.4 cm³/mol. The Balaban J connectivity index is 3.32. The van der Waals surface area contributed by atoms with Crippen molar-refractivity contribution in [3.63, 3.8) is 0 Å². The van der Waals surface area contributed by atoms with Gasteiger partial charge in [-0.2, -0.15) is 8.42 Å². The number of rotatable bonds is 0. The monoisotopic (exact) mass is 182 g/mol. The fourth-order valence-corrected chi connectivity index (χ4v) is 2.92. The molecule has 0 bridgehead atoms. The summed E-state index contributed by atoms with van der Waals surface area (Å²) in [6, 6.07) is 0. The maximum Gasteiger partial charge on any atom is 0.250 e. The first-order valence-electron chi connectivity index (χ1n) is 2.08. The molecule has 1 aliphatic rings. The third kappa shape index (κ3) is 1.44. The zero-order valence-electron chi connectivity index (χ0n) is 4.24. The molecule has 0 aromatic heterocycles. The van der Waals surface area contributed by atoms with Gasteiger partial charge >= 0.3 is 0 Å². The number of halogens is 1. The molecule has 1 heterocycles. The van der Waals surface area contributed by atoms with E-state index in [1.165, 1.54) is 0 Å². The van der Waals surface area contributed by atoms with Crippen LogP contribution in [0.15, 0.2) is 21.9 Å². The summed E-state index contributed by atoms with van der Waals surface area (Å²) in [6.07, 6.45) is 3.22. The zero-order valence-corrected chi connectivity index (χ0v) is 6.63. The normalized spacial score (nSPS) is 24.1. The van der Waals surface area contributed by atoms with E-state index in [-0.39, 0.29) is 0 Å². The van der Waals surface area contributed by atoms with Gasteiger partial charge in [0.15, 0.2) is 0 Å². The Labute approximate surface area is 61.0 Å². The van der Waals surface area contributed by atoms with Crippen molar-refractivity contribution >= 4 is 30.3 Å². The summed E-state index contributed by atoms with van der Waals surface area (Å²) in [5.41, 5.74) is 0. The Hall–Kier alpha value is -0.0600. The fourth-order valence-electron chi connectivity index (χ4n) is 0.429. The third-order valence-electron chi connectivity index (χ3n) is 0.768. The summed E-state index contributed by atoms with van der Waals surface area (Å²) in [4.78, 5) is 0. The lowest BCUT2D eigenvalue weighted by Gasteiger charge is -1.83. The molecule has 2 nitrogen and oxygen atoms in total. The van der Waals surface area contributed by atoms with Gasteiger partial charge in [0.25, 0.3) is 0 Å². The average molecular weight is 183 g/mol. The maximum atomic E-state index is 10.2. The van der Waals surface area contributed by atoms with Gasteiger partial charge in [0.2, 0.25) is 9.26 Å². The minimum absolute atomic E-state index is 0.392. The van der Waals surface area contributed by atoms with Gasteiger partial charge in [-0.25, -0.2) is 0 Å². The lowest BCUT2D eigenvalue weighted by Crippen LogP contribution is -1.78.